The van der Waals surface area contributed by atoms with Crippen LogP contribution in [0.4, 0.5) is 17.1 Å². The molecule has 6 nitrogen and oxygen atoms in total. The van der Waals surface area contributed by atoms with Crippen LogP contribution in [-0.4, -0.2) is 37.7 Å². The summed E-state index contributed by atoms with van der Waals surface area (Å²) in [5.41, 5.74) is 4.53. The number of hydrogen-bond acceptors (Lipinski definition) is 4. The number of fused-ring (bicyclic) bond motifs is 1. The van der Waals surface area contributed by atoms with Gasteiger partial charge in [-0.15, -0.1) is 0 Å². The molecule has 4 rings (SSSR count). The number of nitrogens with one attached hydrogen (secondary N) is 2. The lowest BCUT2D eigenvalue weighted by atomic mass is 9.90. The number of halogens is 1. The van der Waals surface area contributed by atoms with E-state index in [0.29, 0.717) is 22.1 Å². The number of anilines is 2. The van der Waals surface area contributed by atoms with Gasteiger partial charge in [-0.1, -0.05) is 54.9 Å². The third kappa shape index (κ3) is 4.97. The van der Waals surface area contributed by atoms with E-state index in [1.807, 2.05) is 67.6 Å². The molecule has 0 aromatic heterocycles. The molecule has 3 aromatic carbocycles. The molecule has 0 spiro atoms. The van der Waals surface area contributed by atoms with Gasteiger partial charge >= 0.3 is 0 Å². The number of hydrogen-bond donors (Lipinski definition) is 2. The number of benzene rings is 3. The van der Waals surface area contributed by atoms with E-state index in [0.717, 1.165) is 23.4 Å². The highest BCUT2D eigenvalue weighted by Gasteiger charge is 2.35. The fraction of sp³-hybridized carbons (Fsp3) is 0.192. The highest BCUT2D eigenvalue weighted by molar-refractivity contribution is 6.31. The summed E-state index contributed by atoms with van der Waals surface area (Å²) in [7, 11) is 1.75. The molecule has 0 aliphatic carbocycles. The van der Waals surface area contributed by atoms with Crippen molar-refractivity contribution in [2.45, 2.75) is 12.8 Å². The third-order valence-electron chi connectivity index (χ3n) is 5.58. The van der Waals surface area contributed by atoms with Crippen molar-refractivity contribution in [2.75, 3.05) is 30.4 Å². The Hall–Kier alpha value is -3.48. The molecule has 1 unspecified atom stereocenters. The number of carbonyl (C=O) groups is 2. The molecule has 1 aliphatic rings. The largest absolute Gasteiger partial charge is 0.325 e. The Morgan fingerprint density at radius 2 is 1.82 bits per heavy atom. The Labute approximate surface area is 198 Å². The van der Waals surface area contributed by atoms with Crippen LogP contribution in [0.25, 0.3) is 0 Å². The molecule has 0 saturated carbocycles. The van der Waals surface area contributed by atoms with Crippen LogP contribution in [0.5, 0.6) is 0 Å². The molecule has 1 aliphatic heterocycles. The van der Waals surface area contributed by atoms with Crippen molar-refractivity contribution in [1.82, 2.24) is 5.32 Å². The predicted octanol–water partition coefficient (Wildman–Crippen LogP) is 4.77. The zero-order valence-corrected chi connectivity index (χ0v) is 19.3. The minimum atomic E-state index is -0.552. The number of rotatable bonds is 7. The first-order chi connectivity index (χ1) is 16.0. The van der Waals surface area contributed by atoms with Crippen LogP contribution in [0.15, 0.2) is 77.8 Å². The summed E-state index contributed by atoms with van der Waals surface area (Å²) in [6.45, 7) is 2.98. The standard InChI is InChI=1S/C26H25ClN4O2/c1-3-28-16-23(32)31(2)20-12-10-19(11-13-20)29-25(17-7-5-4-6-8-17)24-21-14-9-18(27)15-22(21)30-26(24)33/h4-15,24,28H,3,16H2,1-2H3,(H,30,33). The molecule has 3 aromatic rings. The van der Waals surface area contributed by atoms with Crippen molar-refractivity contribution < 1.29 is 9.59 Å². The van der Waals surface area contributed by atoms with Gasteiger partial charge in [0.15, 0.2) is 0 Å². The van der Waals surface area contributed by atoms with Gasteiger partial charge in [-0.2, -0.15) is 0 Å². The van der Waals surface area contributed by atoms with Crippen LogP contribution >= 0.6 is 11.6 Å². The first-order valence-corrected chi connectivity index (χ1v) is 11.2. The topological polar surface area (TPSA) is 73.8 Å². The van der Waals surface area contributed by atoms with Gasteiger partial charge in [0, 0.05) is 23.4 Å². The number of aliphatic imine (C=N–C) groups is 1. The summed E-state index contributed by atoms with van der Waals surface area (Å²) in [5, 5.41) is 6.53. The lowest BCUT2D eigenvalue weighted by Gasteiger charge is -2.18. The first kappa shape index (κ1) is 22.7. The maximum atomic E-state index is 13.0. The molecule has 2 amide bonds. The zero-order chi connectivity index (χ0) is 23.4. The molecule has 168 valence electrons. The number of carbonyl (C=O) groups excluding carboxylic acids is 2. The third-order valence-corrected chi connectivity index (χ3v) is 5.81. The van der Waals surface area contributed by atoms with E-state index in [-0.39, 0.29) is 18.4 Å². The van der Waals surface area contributed by atoms with Gasteiger partial charge in [-0.3, -0.25) is 14.6 Å². The van der Waals surface area contributed by atoms with Crippen molar-refractivity contribution in [3.8, 4) is 0 Å². The van der Waals surface area contributed by atoms with E-state index in [9.17, 15) is 9.59 Å². The summed E-state index contributed by atoms with van der Waals surface area (Å²) in [4.78, 5) is 31.7. The van der Waals surface area contributed by atoms with Crippen LogP contribution in [0, 0.1) is 0 Å². The molecule has 1 atom stereocenters. The maximum Gasteiger partial charge on any atom is 0.240 e. The fourth-order valence-electron chi connectivity index (χ4n) is 3.80. The van der Waals surface area contributed by atoms with Crippen molar-refractivity contribution in [3.05, 3.63) is 88.9 Å². The lowest BCUT2D eigenvalue weighted by Crippen LogP contribution is -2.35. The number of nitrogens with zero attached hydrogens (tertiary/aromatic N) is 2. The van der Waals surface area contributed by atoms with Gasteiger partial charge in [-0.25, -0.2) is 0 Å². The Morgan fingerprint density at radius 1 is 1.09 bits per heavy atom. The van der Waals surface area contributed by atoms with Crippen LogP contribution in [0.3, 0.4) is 0 Å². The molecule has 2 N–H and O–H groups in total. The van der Waals surface area contributed by atoms with Gasteiger partial charge in [0.1, 0.15) is 5.92 Å². The lowest BCUT2D eigenvalue weighted by molar-refractivity contribution is -0.117. The molecule has 0 radical (unpaired) electrons. The molecule has 0 saturated heterocycles. The normalized spacial score (nSPS) is 15.2. The van der Waals surface area contributed by atoms with E-state index < -0.39 is 5.92 Å². The Bertz CT molecular complexity index is 1190. The van der Waals surface area contributed by atoms with Gasteiger partial charge in [0.25, 0.3) is 0 Å². The van der Waals surface area contributed by atoms with Crippen LogP contribution in [0.1, 0.15) is 24.0 Å². The second-order valence-electron chi connectivity index (χ2n) is 7.77. The van der Waals surface area contributed by atoms with Crippen molar-refractivity contribution in [1.29, 1.82) is 0 Å². The van der Waals surface area contributed by atoms with Crippen LogP contribution in [-0.2, 0) is 9.59 Å². The highest BCUT2D eigenvalue weighted by Crippen LogP contribution is 2.37. The van der Waals surface area contributed by atoms with Crippen LogP contribution < -0.4 is 15.5 Å². The molecule has 0 fully saturated rings. The summed E-state index contributed by atoms with van der Waals surface area (Å²) < 4.78 is 0. The fourth-order valence-corrected chi connectivity index (χ4v) is 3.97. The quantitative estimate of drug-likeness (QED) is 0.499. The monoisotopic (exact) mass is 460 g/mol. The summed E-state index contributed by atoms with van der Waals surface area (Å²) >= 11 is 6.12. The molecule has 33 heavy (non-hydrogen) atoms. The van der Waals surface area contributed by atoms with Crippen LogP contribution in [0.2, 0.25) is 5.02 Å². The maximum absolute atomic E-state index is 13.0. The SMILES string of the molecule is CCNCC(=O)N(C)c1ccc(N=C(c2ccccc2)C2C(=O)Nc3cc(Cl)ccc32)cc1. The molecular weight excluding hydrogens is 436 g/mol. The van der Waals surface area contributed by atoms with E-state index in [1.54, 1.807) is 24.1 Å². The predicted molar refractivity (Wildman–Crippen MR) is 134 cm³/mol. The Balaban J connectivity index is 1.69. The Kier molecular flexibility index (Phi) is 6.87. The average Bonchev–Trinajstić information content (AvgIpc) is 3.15. The van der Waals surface area contributed by atoms with E-state index in [1.165, 1.54) is 0 Å². The Morgan fingerprint density at radius 3 is 2.52 bits per heavy atom. The van der Waals surface area contributed by atoms with Gasteiger partial charge in [0.2, 0.25) is 11.8 Å². The molecule has 0 bridgehead atoms. The molecular formula is C26H25ClN4O2. The summed E-state index contributed by atoms with van der Waals surface area (Å²) in [6.07, 6.45) is 0. The van der Waals surface area contributed by atoms with Crippen molar-refractivity contribution in [3.63, 3.8) is 0 Å². The number of likely N-dealkylation sites (N-methyl/N-ethyl adjacent to an activating group) is 2. The average molecular weight is 461 g/mol. The summed E-state index contributed by atoms with van der Waals surface area (Å²) in [6, 6.07) is 22.5. The summed E-state index contributed by atoms with van der Waals surface area (Å²) in [5.74, 6) is -0.708. The molecule has 1 heterocycles. The zero-order valence-electron chi connectivity index (χ0n) is 18.5. The van der Waals surface area contributed by atoms with E-state index in [2.05, 4.69) is 10.6 Å². The van der Waals surface area contributed by atoms with Crippen molar-refractivity contribution in [2.24, 2.45) is 4.99 Å². The second-order valence-corrected chi connectivity index (χ2v) is 8.20. The van der Waals surface area contributed by atoms with Gasteiger partial charge in [0.05, 0.1) is 17.9 Å². The van der Waals surface area contributed by atoms with E-state index >= 15 is 0 Å². The first-order valence-electron chi connectivity index (χ1n) is 10.8. The minimum absolute atomic E-state index is 0.0176. The highest BCUT2D eigenvalue weighted by atomic mass is 35.5. The number of amides is 2. The second kappa shape index (κ2) is 9.98. The van der Waals surface area contributed by atoms with E-state index in [4.69, 9.17) is 16.6 Å². The smallest absolute Gasteiger partial charge is 0.240 e. The van der Waals surface area contributed by atoms with Gasteiger partial charge < -0.3 is 15.5 Å². The van der Waals surface area contributed by atoms with Crippen molar-refractivity contribution >= 4 is 46.2 Å². The molecule has 7 heteroatoms. The van der Waals surface area contributed by atoms with Gasteiger partial charge in [-0.05, 0) is 54.1 Å². The minimum Gasteiger partial charge on any atom is -0.325 e.